The third-order valence-corrected chi connectivity index (χ3v) is 4.26. The lowest BCUT2D eigenvalue weighted by molar-refractivity contribution is -0.144. The molecule has 1 aromatic heterocycles. The van der Waals surface area contributed by atoms with Gasteiger partial charge in [-0.25, -0.2) is 0 Å². The number of rotatable bonds is 4. The molecule has 2 aromatic rings. The minimum Gasteiger partial charge on any atom is -0.333 e. The maximum Gasteiger partial charge on any atom is 0.313 e. The van der Waals surface area contributed by atoms with Gasteiger partial charge in [-0.2, -0.15) is 0 Å². The van der Waals surface area contributed by atoms with Crippen molar-refractivity contribution in [2.24, 2.45) is 0 Å². The number of benzene rings is 1. The van der Waals surface area contributed by atoms with Crippen LogP contribution in [0.25, 0.3) is 0 Å². The van der Waals surface area contributed by atoms with Gasteiger partial charge in [0.05, 0.1) is 11.9 Å². The van der Waals surface area contributed by atoms with E-state index in [-0.39, 0.29) is 6.04 Å². The molecule has 0 unspecified atom stereocenters. The molecule has 1 atom stereocenters. The van der Waals surface area contributed by atoms with E-state index in [1.807, 2.05) is 18.2 Å². The highest BCUT2D eigenvalue weighted by Crippen LogP contribution is 2.12. The van der Waals surface area contributed by atoms with Gasteiger partial charge in [0, 0.05) is 31.9 Å². The summed E-state index contributed by atoms with van der Waals surface area (Å²) in [5, 5.41) is 6.07. The van der Waals surface area contributed by atoms with Crippen LogP contribution in [0, 0.1) is 0 Å². The SMILES string of the molecule is O=C(Nc1cccnc1)C(=O)N1CCC[C@H](NCc2ccccc2)C1. The number of anilines is 1. The minimum atomic E-state index is -0.614. The average Bonchev–Trinajstić information content (AvgIpc) is 2.67. The summed E-state index contributed by atoms with van der Waals surface area (Å²) in [6, 6.07) is 13.8. The molecule has 0 spiro atoms. The second-order valence-electron chi connectivity index (χ2n) is 6.15. The van der Waals surface area contributed by atoms with Crippen molar-refractivity contribution in [3.8, 4) is 0 Å². The maximum absolute atomic E-state index is 12.4. The Kier molecular flexibility index (Phi) is 5.74. The van der Waals surface area contributed by atoms with Crippen LogP contribution in [-0.4, -0.2) is 40.8 Å². The fourth-order valence-electron chi connectivity index (χ4n) is 2.95. The molecule has 6 nitrogen and oxygen atoms in total. The predicted octanol–water partition coefficient (Wildman–Crippen LogP) is 1.80. The number of aromatic nitrogens is 1. The molecule has 25 heavy (non-hydrogen) atoms. The van der Waals surface area contributed by atoms with E-state index in [1.165, 1.54) is 11.8 Å². The molecule has 0 aliphatic carbocycles. The van der Waals surface area contributed by atoms with Gasteiger partial charge in [0.1, 0.15) is 0 Å². The molecule has 1 aliphatic heterocycles. The van der Waals surface area contributed by atoms with Crippen LogP contribution in [0.15, 0.2) is 54.9 Å². The Morgan fingerprint density at radius 1 is 1.16 bits per heavy atom. The third-order valence-electron chi connectivity index (χ3n) is 4.26. The molecule has 2 N–H and O–H groups in total. The zero-order chi connectivity index (χ0) is 17.5. The van der Waals surface area contributed by atoms with Crippen LogP contribution >= 0.6 is 0 Å². The number of nitrogens with zero attached hydrogens (tertiary/aromatic N) is 2. The normalized spacial score (nSPS) is 17.1. The molecular weight excluding hydrogens is 316 g/mol. The highest BCUT2D eigenvalue weighted by Gasteiger charge is 2.27. The van der Waals surface area contributed by atoms with E-state index < -0.39 is 11.8 Å². The highest BCUT2D eigenvalue weighted by molar-refractivity contribution is 6.39. The molecule has 1 aliphatic rings. The number of carbonyl (C=O) groups excluding carboxylic acids is 2. The summed E-state index contributed by atoms with van der Waals surface area (Å²) >= 11 is 0. The number of hydrogen-bond acceptors (Lipinski definition) is 4. The molecule has 2 heterocycles. The van der Waals surface area contributed by atoms with Gasteiger partial charge in [-0.05, 0) is 30.5 Å². The molecule has 1 fully saturated rings. The summed E-state index contributed by atoms with van der Waals surface area (Å²) in [6.45, 7) is 1.92. The van der Waals surface area contributed by atoms with Crippen LogP contribution in [0.1, 0.15) is 18.4 Å². The molecule has 0 saturated carbocycles. The zero-order valence-corrected chi connectivity index (χ0v) is 14.0. The van der Waals surface area contributed by atoms with Gasteiger partial charge in [0.2, 0.25) is 0 Å². The van der Waals surface area contributed by atoms with Crippen LogP contribution < -0.4 is 10.6 Å². The Bertz CT molecular complexity index is 706. The molecule has 0 radical (unpaired) electrons. The first-order valence-electron chi connectivity index (χ1n) is 8.50. The smallest absolute Gasteiger partial charge is 0.313 e. The first-order valence-corrected chi connectivity index (χ1v) is 8.50. The molecular formula is C19H22N4O2. The van der Waals surface area contributed by atoms with E-state index in [0.29, 0.717) is 18.8 Å². The Labute approximate surface area is 147 Å². The van der Waals surface area contributed by atoms with Crippen LogP contribution in [0.5, 0.6) is 0 Å². The molecule has 1 aromatic carbocycles. The van der Waals surface area contributed by atoms with Gasteiger partial charge < -0.3 is 15.5 Å². The summed E-state index contributed by atoms with van der Waals surface area (Å²) < 4.78 is 0. The zero-order valence-electron chi connectivity index (χ0n) is 14.0. The molecule has 130 valence electrons. The molecule has 0 bridgehead atoms. The second kappa shape index (κ2) is 8.39. The molecule has 1 saturated heterocycles. The Morgan fingerprint density at radius 2 is 2.00 bits per heavy atom. The van der Waals surface area contributed by atoms with Crippen molar-refractivity contribution in [3.63, 3.8) is 0 Å². The Hall–Kier alpha value is -2.73. The van der Waals surface area contributed by atoms with Gasteiger partial charge in [0.15, 0.2) is 0 Å². The van der Waals surface area contributed by atoms with Crippen LogP contribution in [0.3, 0.4) is 0 Å². The standard InChI is InChI=1S/C19H22N4O2/c24-18(22-16-8-4-10-20-13-16)19(25)23-11-5-9-17(14-23)21-12-15-6-2-1-3-7-15/h1-4,6-8,10,13,17,21H,5,9,11-12,14H2,(H,22,24)/t17-/m0/s1. The van der Waals surface area contributed by atoms with Gasteiger partial charge in [0.25, 0.3) is 0 Å². The number of hydrogen-bond donors (Lipinski definition) is 2. The van der Waals surface area contributed by atoms with Gasteiger partial charge in [-0.3, -0.25) is 14.6 Å². The number of piperidine rings is 1. The molecule has 6 heteroatoms. The van der Waals surface area contributed by atoms with Crippen molar-refractivity contribution in [1.29, 1.82) is 0 Å². The average molecular weight is 338 g/mol. The Morgan fingerprint density at radius 3 is 2.76 bits per heavy atom. The summed E-state index contributed by atoms with van der Waals surface area (Å²) in [6.07, 6.45) is 5.02. The fraction of sp³-hybridized carbons (Fsp3) is 0.316. The van der Waals surface area contributed by atoms with Gasteiger partial charge in [-0.1, -0.05) is 30.3 Å². The van der Waals surface area contributed by atoms with Gasteiger partial charge in [-0.15, -0.1) is 0 Å². The Balaban J connectivity index is 1.51. The summed E-state index contributed by atoms with van der Waals surface area (Å²) in [5.41, 5.74) is 1.73. The van der Waals surface area contributed by atoms with Crippen molar-refractivity contribution in [2.75, 3.05) is 18.4 Å². The van der Waals surface area contributed by atoms with E-state index in [1.54, 1.807) is 23.2 Å². The van der Waals surface area contributed by atoms with E-state index in [2.05, 4.69) is 27.8 Å². The minimum absolute atomic E-state index is 0.198. The second-order valence-corrected chi connectivity index (χ2v) is 6.15. The lowest BCUT2D eigenvalue weighted by atomic mass is 10.0. The largest absolute Gasteiger partial charge is 0.333 e. The van der Waals surface area contributed by atoms with Crippen molar-refractivity contribution in [3.05, 3.63) is 60.4 Å². The topological polar surface area (TPSA) is 74.3 Å². The van der Waals surface area contributed by atoms with Crippen molar-refractivity contribution < 1.29 is 9.59 Å². The lowest BCUT2D eigenvalue weighted by Crippen LogP contribution is -2.50. The van der Waals surface area contributed by atoms with Crippen molar-refractivity contribution >= 4 is 17.5 Å². The quantitative estimate of drug-likeness (QED) is 0.834. The van der Waals surface area contributed by atoms with Crippen LogP contribution in [0.4, 0.5) is 5.69 Å². The van der Waals surface area contributed by atoms with E-state index >= 15 is 0 Å². The number of nitrogens with one attached hydrogen (secondary N) is 2. The van der Waals surface area contributed by atoms with Crippen LogP contribution in [-0.2, 0) is 16.1 Å². The number of amides is 2. The van der Waals surface area contributed by atoms with E-state index in [0.717, 1.165) is 19.4 Å². The number of likely N-dealkylation sites (tertiary alicyclic amines) is 1. The monoisotopic (exact) mass is 338 g/mol. The molecule has 2 amide bonds. The first-order chi connectivity index (χ1) is 12.2. The van der Waals surface area contributed by atoms with Crippen LogP contribution in [0.2, 0.25) is 0 Å². The predicted molar refractivity (Wildman–Crippen MR) is 95.8 cm³/mol. The highest BCUT2D eigenvalue weighted by atomic mass is 16.2. The molecule has 3 rings (SSSR count). The number of carbonyl (C=O) groups is 2. The van der Waals surface area contributed by atoms with E-state index in [4.69, 9.17) is 0 Å². The number of pyridine rings is 1. The third kappa shape index (κ3) is 4.87. The summed E-state index contributed by atoms with van der Waals surface area (Å²) in [4.78, 5) is 30.1. The van der Waals surface area contributed by atoms with Gasteiger partial charge >= 0.3 is 11.8 Å². The van der Waals surface area contributed by atoms with Crippen molar-refractivity contribution in [2.45, 2.75) is 25.4 Å². The lowest BCUT2D eigenvalue weighted by Gasteiger charge is -2.32. The first kappa shape index (κ1) is 17.1. The maximum atomic E-state index is 12.4. The summed E-state index contributed by atoms with van der Waals surface area (Å²) in [7, 11) is 0. The van der Waals surface area contributed by atoms with E-state index in [9.17, 15) is 9.59 Å². The fourth-order valence-corrected chi connectivity index (χ4v) is 2.95. The summed E-state index contributed by atoms with van der Waals surface area (Å²) in [5.74, 6) is -1.10. The van der Waals surface area contributed by atoms with Crippen molar-refractivity contribution in [1.82, 2.24) is 15.2 Å².